The van der Waals surface area contributed by atoms with Gasteiger partial charge in [-0.05, 0) is 45.9 Å². The van der Waals surface area contributed by atoms with Crippen LogP contribution in [0.1, 0.15) is 38.2 Å². The molecule has 1 saturated carbocycles. The van der Waals surface area contributed by atoms with Crippen molar-refractivity contribution >= 4 is 0 Å². The molecule has 0 aromatic carbocycles. The Bertz CT molecular complexity index is 372. The Morgan fingerprint density at radius 1 is 1.37 bits per heavy atom. The summed E-state index contributed by atoms with van der Waals surface area (Å²) in [5, 5.41) is 3.46. The van der Waals surface area contributed by atoms with Crippen molar-refractivity contribution in [2.45, 2.75) is 51.9 Å². The fourth-order valence-corrected chi connectivity index (χ4v) is 1.92. The molecular formula is C15H26N2O2. The number of hydrogen-bond acceptors (Lipinski definition) is 4. The zero-order valence-electron chi connectivity index (χ0n) is 12.3. The monoisotopic (exact) mass is 266 g/mol. The standard InChI is InChI=1S/C15H26N2O2/c1-12(2)18-9-8-17(3)11-15-7-6-14(19-15)10-16-13-4-5-13/h6-7,12-13,16H,4-5,8-11H2,1-3H3. The molecule has 1 aliphatic carbocycles. The second-order valence-electron chi connectivity index (χ2n) is 5.68. The third-order valence-electron chi connectivity index (χ3n) is 3.21. The topological polar surface area (TPSA) is 37.6 Å². The van der Waals surface area contributed by atoms with Gasteiger partial charge in [-0.1, -0.05) is 0 Å². The van der Waals surface area contributed by atoms with Crippen LogP contribution in [0.4, 0.5) is 0 Å². The molecule has 0 atom stereocenters. The van der Waals surface area contributed by atoms with Crippen LogP contribution in [0.15, 0.2) is 16.5 Å². The maximum Gasteiger partial charge on any atom is 0.118 e. The number of nitrogens with one attached hydrogen (secondary N) is 1. The smallest absolute Gasteiger partial charge is 0.118 e. The third kappa shape index (κ3) is 5.76. The van der Waals surface area contributed by atoms with E-state index >= 15 is 0 Å². The molecule has 0 bridgehead atoms. The van der Waals surface area contributed by atoms with Crippen LogP contribution < -0.4 is 5.32 Å². The minimum Gasteiger partial charge on any atom is -0.463 e. The molecule has 1 fully saturated rings. The average molecular weight is 266 g/mol. The molecule has 0 saturated heterocycles. The summed E-state index contributed by atoms with van der Waals surface area (Å²) in [6.07, 6.45) is 2.93. The van der Waals surface area contributed by atoms with Crippen molar-refractivity contribution in [3.63, 3.8) is 0 Å². The summed E-state index contributed by atoms with van der Waals surface area (Å²) in [6, 6.07) is 4.87. The van der Waals surface area contributed by atoms with E-state index in [1.807, 2.05) is 0 Å². The molecule has 1 aromatic heterocycles. The Hall–Kier alpha value is -0.840. The van der Waals surface area contributed by atoms with Gasteiger partial charge in [-0.3, -0.25) is 4.90 Å². The van der Waals surface area contributed by atoms with Crippen molar-refractivity contribution in [2.75, 3.05) is 20.2 Å². The SMILES string of the molecule is CC(C)OCCN(C)Cc1ccc(CNC2CC2)o1. The first-order valence-corrected chi connectivity index (χ1v) is 7.24. The minimum atomic E-state index is 0.303. The van der Waals surface area contributed by atoms with E-state index in [1.165, 1.54) is 12.8 Å². The van der Waals surface area contributed by atoms with Gasteiger partial charge < -0.3 is 14.5 Å². The summed E-state index contributed by atoms with van der Waals surface area (Å²) in [5.41, 5.74) is 0. The quantitative estimate of drug-likeness (QED) is 0.745. The first-order chi connectivity index (χ1) is 9.13. The second kappa shape index (κ2) is 7.08. The minimum absolute atomic E-state index is 0.303. The molecule has 0 unspecified atom stereocenters. The van der Waals surface area contributed by atoms with E-state index in [0.29, 0.717) is 6.10 Å². The Kier molecular flexibility index (Phi) is 5.43. The fraction of sp³-hybridized carbons (Fsp3) is 0.733. The third-order valence-corrected chi connectivity index (χ3v) is 3.21. The van der Waals surface area contributed by atoms with Crippen molar-refractivity contribution in [3.8, 4) is 0 Å². The lowest BCUT2D eigenvalue weighted by Crippen LogP contribution is -2.23. The molecule has 0 spiro atoms. The number of ether oxygens (including phenoxy) is 1. The van der Waals surface area contributed by atoms with E-state index in [1.54, 1.807) is 0 Å². The average Bonchev–Trinajstić information content (AvgIpc) is 3.07. The summed E-state index contributed by atoms with van der Waals surface area (Å²) >= 11 is 0. The highest BCUT2D eigenvalue weighted by molar-refractivity contribution is 5.07. The summed E-state index contributed by atoms with van der Waals surface area (Å²) in [5.74, 6) is 2.06. The summed E-state index contributed by atoms with van der Waals surface area (Å²) < 4.78 is 11.4. The summed E-state index contributed by atoms with van der Waals surface area (Å²) in [6.45, 7) is 7.51. The van der Waals surface area contributed by atoms with Crippen molar-refractivity contribution in [2.24, 2.45) is 0 Å². The summed E-state index contributed by atoms with van der Waals surface area (Å²) in [4.78, 5) is 2.22. The normalized spacial score (nSPS) is 15.6. The van der Waals surface area contributed by atoms with Crippen LogP contribution in [0.25, 0.3) is 0 Å². The first kappa shape index (κ1) is 14.6. The van der Waals surface area contributed by atoms with E-state index in [0.717, 1.165) is 43.8 Å². The van der Waals surface area contributed by atoms with Gasteiger partial charge in [-0.2, -0.15) is 0 Å². The highest BCUT2D eigenvalue weighted by atomic mass is 16.5. The van der Waals surface area contributed by atoms with E-state index in [4.69, 9.17) is 9.15 Å². The van der Waals surface area contributed by atoms with E-state index < -0.39 is 0 Å². The predicted molar refractivity (Wildman–Crippen MR) is 76.0 cm³/mol. The van der Waals surface area contributed by atoms with Gasteiger partial charge in [0.1, 0.15) is 11.5 Å². The molecule has 1 heterocycles. The van der Waals surface area contributed by atoms with Crippen molar-refractivity contribution in [1.82, 2.24) is 10.2 Å². The zero-order chi connectivity index (χ0) is 13.7. The van der Waals surface area contributed by atoms with E-state index in [2.05, 4.69) is 43.2 Å². The van der Waals surface area contributed by atoms with Crippen molar-refractivity contribution < 1.29 is 9.15 Å². The van der Waals surface area contributed by atoms with Crippen LogP contribution in [0.5, 0.6) is 0 Å². The van der Waals surface area contributed by atoms with Crippen molar-refractivity contribution in [3.05, 3.63) is 23.7 Å². The number of nitrogens with zero attached hydrogens (tertiary/aromatic N) is 1. The Balaban J connectivity index is 1.66. The predicted octanol–water partition coefficient (Wildman–Crippen LogP) is 2.39. The number of likely N-dealkylation sites (N-methyl/N-ethyl adjacent to an activating group) is 1. The van der Waals surface area contributed by atoms with Gasteiger partial charge in [0, 0.05) is 12.6 Å². The molecule has 0 amide bonds. The lowest BCUT2D eigenvalue weighted by molar-refractivity contribution is 0.0616. The molecule has 4 nitrogen and oxygen atoms in total. The van der Waals surface area contributed by atoms with Crippen LogP contribution in [0.3, 0.4) is 0 Å². The van der Waals surface area contributed by atoms with Gasteiger partial charge in [0.2, 0.25) is 0 Å². The fourth-order valence-electron chi connectivity index (χ4n) is 1.92. The maximum absolute atomic E-state index is 5.81. The highest BCUT2D eigenvalue weighted by Crippen LogP contribution is 2.19. The Morgan fingerprint density at radius 3 is 2.79 bits per heavy atom. The van der Waals surface area contributed by atoms with E-state index in [9.17, 15) is 0 Å². The lowest BCUT2D eigenvalue weighted by atomic mass is 10.4. The van der Waals surface area contributed by atoms with Gasteiger partial charge in [0.25, 0.3) is 0 Å². The molecule has 0 aliphatic heterocycles. The maximum atomic E-state index is 5.81. The Labute approximate surface area is 116 Å². The molecule has 108 valence electrons. The van der Waals surface area contributed by atoms with Crippen LogP contribution in [0.2, 0.25) is 0 Å². The molecule has 4 heteroatoms. The lowest BCUT2D eigenvalue weighted by Gasteiger charge is -2.16. The van der Waals surface area contributed by atoms with Crippen LogP contribution >= 0.6 is 0 Å². The van der Waals surface area contributed by atoms with Gasteiger partial charge in [-0.25, -0.2) is 0 Å². The zero-order valence-corrected chi connectivity index (χ0v) is 12.3. The van der Waals surface area contributed by atoms with Gasteiger partial charge in [-0.15, -0.1) is 0 Å². The summed E-state index contributed by atoms with van der Waals surface area (Å²) in [7, 11) is 2.09. The van der Waals surface area contributed by atoms with Gasteiger partial charge in [0.05, 0.1) is 25.8 Å². The number of hydrogen-bond donors (Lipinski definition) is 1. The molecule has 1 N–H and O–H groups in total. The number of furan rings is 1. The largest absolute Gasteiger partial charge is 0.463 e. The second-order valence-corrected chi connectivity index (χ2v) is 5.68. The molecule has 19 heavy (non-hydrogen) atoms. The first-order valence-electron chi connectivity index (χ1n) is 7.24. The molecular weight excluding hydrogens is 240 g/mol. The molecule has 1 aromatic rings. The molecule has 0 radical (unpaired) electrons. The molecule has 2 rings (SSSR count). The molecule has 1 aliphatic rings. The van der Waals surface area contributed by atoms with E-state index in [-0.39, 0.29) is 0 Å². The van der Waals surface area contributed by atoms with Crippen molar-refractivity contribution in [1.29, 1.82) is 0 Å². The van der Waals surface area contributed by atoms with Gasteiger partial charge in [0.15, 0.2) is 0 Å². The van der Waals surface area contributed by atoms with Crippen LogP contribution in [-0.4, -0.2) is 37.2 Å². The number of rotatable bonds is 9. The van der Waals surface area contributed by atoms with Gasteiger partial charge >= 0.3 is 0 Å². The Morgan fingerprint density at radius 2 is 2.11 bits per heavy atom. The highest BCUT2D eigenvalue weighted by Gasteiger charge is 2.20. The van der Waals surface area contributed by atoms with Crippen LogP contribution in [0, 0.1) is 0 Å². The van der Waals surface area contributed by atoms with Crippen LogP contribution in [-0.2, 0) is 17.8 Å².